The van der Waals surface area contributed by atoms with Gasteiger partial charge in [-0.25, -0.2) is 22.4 Å². The van der Waals surface area contributed by atoms with Gasteiger partial charge in [0.05, 0.1) is 22.5 Å². The van der Waals surface area contributed by atoms with Gasteiger partial charge in [0, 0.05) is 36.0 Å². The third kappa shape index (κ3) is 3.21. The number of aromatic nitrogens is 3. The van der Waals surface area contributed by atoms with Crippen LogP contribution in [0.15, 0.2) is 29.2 Å². The number of nitrogen functional groups attached to an aromatic ring is 1. The molecular weight excluding hydrogens is 478 g/mol. The molecule has 2 fully saturated rings. The van der Waals surface area contributed by atoms with Crippen molar-refractivity contribution in [2.45, 2.75) is 24.7 Å². The molecule has 2 aromatic heterocycles. The first-order valence-electron chi connectivity index (χ1n) is 11.1. The Morgan fingerprint density at radius 1 is 1.22 bits per heavy atom. The van der Waals surface area contributed by atoms with Crippen LogP contribution in [0.1, 0.15) is 12.0 Å². The molecule has 2 aliphatic rings. The number of halogens is 4. The Balaban J connectivity index is 1.61. The summed E-state index contributed by atoms with van der Waals surface area (Å²) in [6.45, 7) is 0.708. The van der Waals surface area contributed by atoms with Crippen molar-refractivity contribution in [3.63, 3.8) is 0 Å². The van der Waals surface area contributed by atoms with E-state index in [4.69, 9.17) is 16.9 Å². The standard InChI is InChI=1S/C25H17F4N5O2/c1-2-12-16-10(7-15(26)17(12)27)6-11(30)8-13(16)20-18(28)21-14(9-31-20)24(33-25(35)32-21)34-4-3-5-36-23-19(29)22(23)34/h1,6-9,19,22-23H,3-5,30H2,(H,32,33,35)/t19-,22+,23-/m0/s1. The molecule has 1 aliphatic heterocycles. The fourth-order valence-corrected chi connectivity index (χ4v) is 4.93. The van der Waals surface area contributed by atoms with Crippen LogP contribution in [0.5, 0.6) is 0 Å². The summed E-state index contributed by atoms with van der Waals surface area (Å²) in [7, 11) is 0. The number of hydrogen-bond acceptors (Lipinski definition) is 6. The highest BCUT2D eigenvalue weighted by molar-refractivity contribution is 6.03. The van der Waals surface area contributed by atoms with Crippen LogP contribution in [-0.4, -0.2) is 46.4 Å². The van der Waals surface area contributed by atoms with Gasteiger partial charge < -0.3 is 20.4 Å². The molecule has 0 spiro atoms. The van der Waals surface area contributed by atoms with Gasteiger partial charge in [-0.2, -0.15) is 4.98 Å². The number of nitrogens with one attached hydrogen (secondary N) is 1. The Bertz CT molecular complexity index is 1680. The van der Waals surface area contributed by atoms with Gasteiger partial charge in [0.1, 0.15) is 17.6 Å². The number of H-pyrrole nitrogens is 1. The van der Waals surface area contributed by atoms with Crippen molar-refractivity contribution in [2.24, 2.45) is 0 Å². The van der Waals surface area contributed by atoms with E-state index >= 15 is 4.39 Å². The van der Waals surface area contributed by atoms with Crippen molar-refractivity contribution in [1.82, 2.24) is 15.0 Å². The maximum atomic E-state index is 16.0. The molecule has 2 aromatic carbocycles. The highest BCUT2D eigenvalue weighted by atomic mass is 19.2. The highest BCUT2D eigenvalue weighted by Crippen LogP contribution is 2.42. The zero-order valence-corrected chi connectivity index (χ0v) is 18.5. The van der Waals surface area contributed by atoms with Crippen molar-refractivity contribution in [2.75, 3.05) is 23.8 Å². The number of benzene rings is 2. The van der Waals surface area contributed by atoms with E-state index in [-0.39, 0.29) is 44.4 Å². The summed E-state index contributed by atoms with van der Waals surface area (Å²) in [5.41, 5.74) is 4.33. The minimum Gasteiger partial charge on any atom is -0.399 e. The number of alkyl halides is 1. The van der Waals surface area contributed by atoms with Crippen LogP contribution in [0.3, 0.4) is 0 Å². The largest absolute Gasteiger partial charge is 0.399 e. The number of fused-ring (bicyclic) bond motifs is 3. The first-order valence-corrected chi connectivity index (χ1v) is 11.1. The predicted octanol–water partition coefficient (Wildman–Crippen LogP) is 3.43. The van der Waals surface area contributed by atoms with Crippen molar-refractivity contribution >= 4 is 33.2 Å². The summed E-state index contributed by atoms with van der Waals surface area (Å²) in [5.74, 6) is -1.19. The maximum Gasteiger partial charge on any atom is 0.347 e. The Morgan fingerprint density at radius 3 is 2.81 bits per heavy atom. The van der Waals surface area contributed by atoms with E-state index < -0.39 is 47.0 Å². The average molecular weight is 495 g/mol. The number of nitrogens with two attached hydrogens (primary N) is 1. The molecule has 0 unspecified atom stereocenters. The predicted molar refractivity (Wildman–Crippen MR) is 126 cm³/mol. The molecule has 3 heterocycles. The smallest absolute Gasteiger partial charge is 0.347 e. The topological polar surface area (TPSA) is 97.1 Å². The zero-order chi connectivity index (χ0) is 25.3. The van der Waals surface area contributed by atoms with Crippen LogP contribution >= 0.6 is 0 Å². The fourth-order valence-electron chi connectivity index (χ4n) is 4.93. The summed E-state index contributed by atoms with van der Waals surface area (Å²) in [5, 5.41) is 0.345. The highest BCUT2D eigenvalue weighted by Gasteiger charge is 2.57. The molecule has 0 amide bonds. The Hall–Kier alpha value is -4.17. The third-order valence-corrected chi connectivity index (χ3v) is 6.57. The molecule has 4 aromatic rings. The quantitative estimate of drug-likeness (QED) is 0.251. The van der Waals surface area contributed by atoms with Crippen molar-refractivity contribution in [3.05, 3.63) is 57.9 Å². The van der Waals surface area contributed by atoms with E-state index in [1.807, 2.05) is 0 Å². The first-order chi connectivity index (χ1) is 17.3. The first kappa shape index (κ1) is 22.3. The summed E-state index contributed by atoms with van der Waals surface area (Å²) < 4.78 is 64.4. The van der Waals surface area contributed by atoms with E-state index in [1.165, 1.54) is 18.3 Å². The van der Waals surface area contributed by atoms with Gasteiger partial charge in [-0.3, -0.25) is 4.98 Å². The summed E-state index contributed by atoms with van der Waals surface area (Å²) >= 11 is 0. The minimum atomic E-state index is -1.26. The zero-order valence-electron chi connectivity index (χ0n) is 18.5. The number of ether oxygens (including phenoxy) is 1. The number of nitrogens with zero attached hydrogens (tertiary/aromatic N) is 3. The van der Waals surface area contributed by atoms with Crippen LogP contribution in [0.2, 0.25) is 0 Å². The number of pyridine rings is 1. The molecule has 1 saturated carbocycles. The van der Waals surface area contributed by atoms with Crippen LogP contribution in [-0.2, 0) is 4.74 Å². The van der Waals surface area contributed by atoms with Gasteiger partial charge in [0.15, 0.2) is 23.6 Å². The van der Waals surface area contributed by atoms with E-state index in [0.29, 0.717) is 19.6 Å². The Kier molecular flexibility index (Phi) is 4.91. The second-order valence-electron chi connectivity index (χ2n) is 8.75. The van der Waals surface area contributed by atoms with E-state index in [0.717, 1.165) is 6.07 Å². The lowest BCUT2D eigenvalue weighted by Crippen LogP contribution is -2.32. The molecule has 36 heavy (non-hydrogen) atoms. The lowest BCUT2D eigenvalue weighted by molar-refractivity contribution is 0.105. The van der Waals surface area contributed by atoms with Crippen LogP contribution in [0, 0.1) is 29.8 Å². The molecule has 3 N–H and O–H groups in total. The summed E-state index contributed by atoms with van der Waals surface area (Å²) in [6.07, 6.45) is 5.41. The van der Waals surface area contributed by atoms with E-state index in [9.17, 15) is 18.0 Å². The van der Waals surface area contributed by atoms with Gasteiger partial charge >= 0.3 is 5.69 Å². The van der Waals surface area contributed by atoms with Crippen LogP contribution in [0.4, 0.5) is 29.1 Å². The lowest BCUT2D eigenvalue weighted by Gasteiger charge is -2.23. The number of rotatable bonds is 2. The number of anilines is 2. The molecule has 0 radical (unpaired) electrons. The fraction of sp³-hybridized carbons (Fsp3) is 0.240. The SMILES string of the molecule is C#Cc1c(F)c(F)cc2cc(N)cc(-c3ncc4c(N5CCCO[C@H]6[C@@H](F)[C@H]65)nc(=O)[nH]c4c3F)c12. The molecule has 3 atom stereocenters. The molecule has 0 bridgehead atoms. The normalized spacial score (nSPS) is 21.3. The molecule has 6 rings (SSSR count). The second kappa shape index (κ2) is 7.93. The van der Waals surface area contributed by atoms with Crippen molar-refractivity contribution in [1.29, 1.82) is 0 Å². The van der Waals surface area contributed by atoms with Gasteiger partial charge in [-0.05, 0) is 30.0 Å². The minimum absolute atomic E-state index is 0.0183. The van der Waals surface area contributed by atoms with Gasteiger partial charge in [0.2, 0.25) is 0 Å². The monoisotopic (exact) mass is 495 g/mol. The maximum absolute atomic E-state index is 16.0. The average Bonchev–Trinajstić information content (AvgIpc) is 3.54. The summed E-state index contributed by atoms with van der Waals surface area (Å²) in [4.78, 5) is 24.6. The molecule has 1 aliphatic carbocycles. The molecule has 7 nitrogen and oxygen atoms in total. The number of hydrogen-bond donors (Lipinski definition) is 2. The molecule has 11 heteroatoms. The van der Waals surface area contributed by atoms with Crippen molar-refractivity contribution in [3.8, 4) is 23.6 Å². The van der Waals surface area contributed by atoms with Crippen LogP contribution in [0.25, 0.3) is 32.9 Å². The molecule has 1 saturated heterocycles. The number of terminal acetylenes is 1. The van der Waals surface area contributed by atoms with Gasteiger partial charge in [0.25, 0.3) is 0 Å². The number of aromatic amines is 1. The van der Waals surface area contributed by atoms with E-state index in [1.54, 1.807) is 4.90 Å². The van der Waals surface area contributed by atoms with Crippen molar-refractivity contribution < 1.29 is 22.3 Å². The summed E-state index contributed by atoms with van der Waals surface area (Å²) in [6, 6.07) is 3.00. The second-order valence-corrected chi connectivity index (χ2v) is 8.75. The van der Waals surface area contributed by atoms with Gasteiger partial charge in [-0.15, -0.1) is 6.42 Å². The lowest BCUT2D eigenvalue weighted by atomic mass is 9.95. The van der Waals surface area contributed by atoms with Gasteiger partial charge in [-0.1, -0.05) is 5.92 Å². The molecule has 182 valence electrons. The van der Waals surface area contributed by atoms with Crippen LogP contribution < -0.4 is 16.3 Å². The Labute approximate surface area is 200 Å². The van der Waals surface area contributed by atoms with E-state index in [2.05, 4.69) is 20.9 Å². The Morgan fingerprint density at radius 2 is 2.03 bits per heavy atom. The molecular formula is C25H17F4N5O2. The third-order valence-electron chi connectivity index (χ3n) is 6.57.